The lowest BCUT2D eigenvalue weighted by Crippen LogP contribution is -2.16. The zero-order chi connectivity index (χ0) is 22.3. The molecular formula is C22H16N4O5S. The first-order valence-electron chi connectivity index (χ1n) is 9.37. The van der Waals surface area contributed by atoms with Crippen LogP contribution >= 0.6 is 11.8 Å². The van der Waals surface area contributed by atoms with Crippen LogP contribution in [0.2, 0.25) is 0 Å². The SMILES string of the molecule is COc1ccccc1-n1nnnc1SCC#CCOC(=O)c1cc2ccccc2oc1=O. The highest BCUT2D eigenvalue weighted by atomic mass is 32.2. The van der Waals surface area contributed by atoms with Gasteiger partial charge in [-0.2, -0.15) is 4.68 Å². The molecule has 0 amide bonds. The number of hydrogen-bond acceptors (Lipinski definition) is 9. The number of para-hydroxylation sites is 3. The van der Waals surface area contributed by atoms with Crippen molar-refractivity contribution in [3.05, 3.63) is 70.6 Å². The number of fused-ring (bicyclic) bond motifs is 1. The molecule has 0 unspecified atom stereocenters. The monoisotopic (exact) mass is 448 g/mol. The van der Waals surface area contributed by atoms with Crippen LogP contribution in [0.3, 0.4) is 0 Å². The van der Waals surface area contributed by atoms with E-state index in [0.717, 1.165) is 0 Å². The second-order valence-electron chi connectivity index (χ2n) is 6.25. The minimum absolute atomic E-state index is 0.164. The minimum atomic E-state index is -0.786. The van der Waals surface area contributed by atoms with Gasteiger partial charge in [-0.05, 0) is 34.7 Å². The van der Waals surface area contributed by atoms with E-state index in [0.29, 0.717) is 33.3 Å². The van der Waals surface area contributed by atoms with Crippen molar-refractivity contribution in [2.75, 3.05) is 19.5 Å². The molecule has 2 aromatic heterocycles. The summed E-state index contributed by atoms with van der Waals surface area (Å²) in [6, 6.07) is 15.7. The molecule has 0 aliphatic heterocycles. The van der Waals surface area contributed by atoms with Crippen LogP contribution in [0.4, 0.5) is 0 Å². The topological polar surface area (TPSA) is 109 Å². The number of aromatic nitrogens is 4. The number of thioether (sulfide) groups is 1. The van der Waals surface area contributed by atoms with Crippen LogP contribution < -0.4 is 10.4 Å². The van der Waals surface area contributed by atoms with Crippen LogP contribution in [-0.2, 0) is 4.74 Å². The summed E-state index contributed by atoms with van der Waals surface area (Å²) in [5.74, 6) is 5.83. The van der Waals surface area contributed by atoms with E-state index in [2.05, 4.69) is 27.4 Å². The van der Waals surface area contributed by atoms with Gasteiger partial charge in [-0.25, -0.2) is 9.59 Å². The highest BCUT2D eigenvalue weighted by molar-refractivity contribution is 7.99. The van der Waals surface area contributed by atoms with E-state index in [1.807, 2.05) is 24.3 Å². The Hall–Kier alpha value is -4.10. The number of hydrogen-bond donors (Lipinski definition) is 0. The van der Waals surface area contributed by atoms with Crippen LogP contribution in [0.15, 0.2) is 69.0 Å². The predicted octanol–water partition coefficient (Wildman–Crippen LogP) is 2.73. The van der Waals surface area contributed by atoms with E-state index in [1.165, 1.54) is 17.8 Å². The van der Waals surface area contributed by atoms with Gasteiger partial charge in [-0.3, -0.25) is 0 Å². The van der Waals surface area contributed by atoms with E-state index in [9.17, 15) is 9.59 Å². The number of tetrazole rings is 1. The highest BCUT2D eigenvalue weighted by Crippen LogP contribution is 2.25. The van der Waals surface area contributed by atoms with Crippen molar-refractivity contribution in [3.8, 4) is 23.3 Å². The molecule has 0 aliphatic carbocycles. The predicted molar refractivity (Wildman–Crippen MR) is 117 cm³/mol. The maximum absolute atomic E-state index is 12.2. The molecular weight excluding hydrogens is 432 g/mol. The summed E-state index contributed by atoms with van der Waals surface area (Å²) in [6.45, 7) is -0.164. The first-order chi connectivity index (χ1) is 15.7. The Bertz CT molecular complexity index is 1390. The summed E-state index contributed by atoms with van der Waals surface area (Å²) < 4.78 is 17.1. The number of nitrogens with zero attached hydrogens (tertiary/aromatic N) is 4. The van der Waals surface area contributed by atoms with Gasteiger partial charge in [0.1, 0.15) is 22.6 Å². The van der Waals surface area contributed by atoms with Crippen molar-refractivity contribution in [2.45, 2.75) is 5.16 Å². The fourth-order valence-corrected chi connectivity index (χ4v) is 3.47. The van der Waals surface area contributed by atoms with E-state index >= 15 is 0 Å². The molecule has 0 fully saturated rings. The Kier molecular flexibility index (Phi) is 6.48. The van der Waals surface area contributed by atoms with Crippen LogP contribution in [0.5, 0.6) is 5.75 Å². The third kappa shape index (κ3) is 4.63. The quantitative estimate of drug-likeness (QED) is 0.190. The Labute approximate surface area is 186 Å². The molecule has 2 heterocycles. The van der Waals surface area contributed by atoms with E-state index in [4.69, 9.17) is 13.9 Å². The third-order valence-corrected chi connectivity index (χ3v) is 5.09. The Balaban J connectivity index is 1.34. The number of benzene rings is 2. The molecule has 10 heteroatoms. The first kappa shape index (κ1) is 21.1. The zero-order valence-electron chi connectivity index (χ0n) is 16.8. The Morgan fingerprint density at radius 2 is 1.97 bits per heavy atom. The fraction of sp³-hybridized carbons (Fsp3) is 0.136. The maximum Gasteiger partial charge on any atom is 0.351 e. The van der Waals surface area contributed by atoms with Gasteiger partial charge in [0.15, 0.2) is 6.61 Å². The van der Waals surface area contributed by atoms with Gasteiger partial charge in [0, 0.05) is 5.39 Å². The molecule has 0 aliphatic rings. The molecule has 9 nitrogen and oxygen atoms in total. The summed E-state index contributed by atoms with van der Waals surface area (Å²) in [6.07, 6.45) is 0. The molecule has 160 valence electrons. The van der Waals surface area contributed by atoms with E-state index < -0.39 is 11.6 Å². The molecule has 0 radical (unpaired) electrons. The van der Waals surface area contributed by atoms with E-state index in [-0.39, 0.29) is 12.2 Å². The molecule has 4 aromatic rings. The summed E-state index contributed by atoms with van der Waals surface area (Å²) >= 11 is 1.32. The second-order valence-corrected chi connectivity index (χ2v) is 7.19. The lowest BCUT2D eigenvalue weighted by Gasteiger charge is -2.08. The smallest absolute Gasteiger partial charge is 0.351 e. The molecule has 0 bridgehead atoms. The largest absolute Gasteiger partial charge is 0.494 e. The molecule has 32 heavy (non-hydrogen) atoms. The van der Waals surface area contributed by atoms with Gasteiger partial charge >= 0.3 is 11.6 Å². The van der Waals surface area contributed by atoms with Gasteiger partial charge < -0.3 is 13.9 Å². The molecule has 0 atom stereocenters. The number of carbonyl (C=O) groups excluding carboxylic acids is 1. The van der Waals surface area contributed by atoms with Gasteiger partial charge in [-0.15, -0.1) is 5.10 Å². The van der Waals surface area contributed by atoms with Crippen molar-refractivity contribution in [2.24, 2.45) is 0 Å². The van der Waals surface area contributed by atoms with Crippen LogP contribution in [0.25, 0.3) is 16.7 Å². The third-order valence-electron chi connectivity index (χ3n) is 4.29. The summed E-state index contributed by atoms with van der Waals surface area (Å²) in [7, 11) is 1.57. The number of carbonyl (C=O) groups is 1. The normalized spacial score (nSPS) is 10.4. The van der Waals surface area contributed by atoms with Crippen molar-refractivity contribution in [3.63, 3.8) is 0 Å². The van der Waals surface area contributed by atoms with Gasteiger partial charge in [0.05, 0.1) is 12.9 Å². The number of esters is 1. The molecule has 0 spiro atoms. The molecule has 4 rings (SSSR count). The van der Waals surface area contributed by atoms with Crippen molar-refractivity contribution >= 4 is 28.7 Å². The lowest BCUT2D eigenvalue weighted by molar-refractivity contribution is 0.0552. The van der Waals surface area contributed by atoms with E-state index in [1.54, 1.807) is 36.1 Å². The Morgan fingerprint density at radius 3 is 2.84 bits per heavy atom. The van der Waals surface area contributed by atoms with Crippen LogP contribution in [-0.4, -0.2) is 45.6 Å². The lowest BCUT2D eigenvalue weighted by atomic mass is 10.2. The molecule has 0 saturated heterocycles. The Morgan fingerprint density at radius 1 is 1.16 bits per heavy atom. The average Bonchev–Trinajstić information content (AvgIpc) is 3.29. The zero-order valence-corrected chi connectivity index (χ0v) is 17.7. The van der Waals surface area contributed by atoms with Gasteiger partial charge in [-0.1, -0.05) is 53.9 Å². The molecule has 0 N–H and O–H groups in total. The van der Waals surface area contributed by atoms with Crippen LogP contribution in [0.1, 0.15) is 10.4 Å². The summed E-state index contributed by atoms with van der Waals surface area (Å²) in [5.41, 5.74) is 0.191. The average molecular weight is 448 g/mol. The van der Waals surface area contributed by atoms with Crippen molar-refractivity contribution < 1.29 is 18.7 Å². The standard InChI is InChI=1S/C22H16N4O5S/c1-29-19-11-5-3-9-17(19)26-22(23-24-25-26)32-13-7-6-12-30-20(27)16-14-15-8-2-4-10-18(15)31-21(16)28/h2-5,8-11,14H,12-13H2,1H3. The molecule has 0 saturated carbocycles. The maximum atomic E-state index is 12.2. The van der Waals surface area contributed by atoms with Crippen molar-refractivity contribution in [1.29, 1.82) is 0 Å². The number of methoxy groups -OCH3 is 1. The summed E-state index contributed by atoms with van der Waals surface area (Å²) in [5, 5.41) is 12.9. The van der Waals surface area contributed by atoms with Crippen LogP contribution in [0, 0.1) is 11.8 Å². The van der Waals surface area contributed by atoms with Crippen molar-refractivity contribution in [1.82, 2.24) is 20.2 Å². The number of ether oxygens (including phenoxy) is 2. The second kappa shape index (κ2) is 9.80. The molecule has 2 aromatic carbocycles. The van der Waals surface area contributed by atoms with Gasteiger partial charge in [0.2, 0.25) is 5.16 Å². The number of rotatable bonds is 6. The minimum Gasteiger partial charge on any atom is -0.494 e. The summed E-state index contributed by atoms with van der Waals surface area (Å²) in [4.78, 5) is 24.2. The fourth-order valence-electron chi connectivity index (χ4n) is 2.81. The highest BCUT2D eigenvalue weighted by Gasteiger charge is 2.15. The van der Waals surface area contributed by atoms with Gasteiger partial charge in [0.25, 0.3) is 0 Å². The first-order valence-corrected chi connectivity index (χ1v) is 10.4.